The molecule has 0 unspecified atom stereocenters. The number of rotatable bonds is 4. The zero-order chi connectivity index (χ0) is 18.8. The number of ether oxygens (including phenoxy) is 2. The van der Waals surface area contributed by atoms with Crippen LogP contribution in [-0.2, 0) is 27.3 Å². The molecular formula is C21H20N2O4. The van der Waals surface area contributed by atoms with E-state index in [4.69, 9.17) is 9.47 Å². The van der Waals surface area contributed by atoms with Gasteiger partial charge in [-0.3, -0.25) is 4.90 Å². The van der Waals surface area contributed by atoms with Gasteiger partial charge in [0.25, 0.3) is 0 Å². The lowest BCUT2D eigenvalue weighted by molar-refractivity contribution is -0.139. The zero-order valence-corrected chi connectivity index (χ0v) is 14.9. The third-order valence-corrected chi connectivity index (χ3v) is 4.70. The Hall–Kier alpha value is -3.28. The van der Waals surface area contributed by atoms with Gasteiger partial charge in [0, 0.05) is 5.69 Å². The average molecular weight is 364 g/mol. The molecule has 27 heavy (non-hydrogen) atoms. The molecule has 2 heterocycles. The predicted octanol–water partition coefficient (Wildman–Crippen LogP) is 3.13. The van der Waals surface area contributed by atoms with E-state index in [0.29, 0.717) is 12.1 Å². The maximum atomic E-state index is 12.3. The summed E-state index contributed by atoms with van der Waals surface area (Å²) in [5, 5.41) is 2.77. The Bertz CT molecular complexity index is 894. The van der Waals surface area contributed by atoms with Crippen molar-refractivity contribution >= 4 is 17.7 Å². The second-order valence-electron chi connectivity index (χ2n) is 6.58. The van der Waals surface area contributed by atoms with E-state index in [9.17, 15) is 9.59 Å². The van der Waals surface area contributed by atoms with Crippen LogP contribution in [0.25, 0.3) is 0 Å². The van der Waals surface area contributed by atoms with E-state index in [-0.39, 0.29) is 12.6 Å². The van der Waals surface area contributed by atoms with Gasteiger partial charge >= 0.3 is 12.1 Å². The Morgan fingerprint density at radius 3 is 2.78 bits per heavy atom. The quantitative estimate of drug-likeness (QED) is 0.845. The van der Waals surface area contributed by atoms with Crippen molar-refractivity contribution in [2.75, 3.05) is 4.90 Å². The van der Waals surface area contributed by atoms with Gasteiger partial charge in [-0.05, 0) is 36.6 Å². The first-order valence-corrected chi connectivity index (χ1v) is 8.89. The molecule has 0 spiro atoms. The maximum absolute atomic E-state index is 12.3. The lowest BCUT2D eigenvalue weighted by Gasteiger charge is -2.32. The summed E-state index contributed by atoms with van der Waals surface area (Å²) in [5.41, 5.74) is 3.47. The number of para-hydroxylation sites is 1. The Kier molecular flexibility index (Phi) is 4.54. The van der Waals surface area contributed by atoms with E-state index in [1.54, 1.807) is 6.92 Å². The lowest BCUT2D eigenvalue weighted by atomic mass is 10.0. The summed E-state index contributed by atoms with van der Waals surface area (Å²) in [6.45, 7) is 1.98. The Balaban J connectivity index is 1.44. The van der Waals surface area contributed by atoms with Crippen molar-refractivity contribution in [2.24, 2.45) is 0 Å². The van der Waals surface area contributed by atoms with Crippen molar-refractivity contribution in [3.8, 4) is 0 Å². The molecule has 2 aromatic rings. The summed E-state index contributed by atoms with van der Waals surface area (Å²) < 4.78 is 10.8. The molecule has 0 radical (unpaired) electrons. The van der Waals surface area contributed by atoms with Crippen LogP contribution >= 0.6 is 0 Å². The van der Waals surface area contributed by atoms with Crippen LogP contribution in [0.4, 0.5) is 10.5 Å². The highest BCUT2D eigenvalue weighted by atomic mass is 16.6. The smallest absolute Gasteiger partial charge is 0.407 e. The first kappa shape index (κ1) is 17.1. The Morgan fingerprint density at radius 1 is 1.22 bits per heavy atom. The van der Waals surface area contributed by atoms with Crippen LogP contribution in [0.2, 0.25) is 0 Å². The van der Waals surface area contributed by atoms with Crippen LogP contribution in [0.15, 0.2) is 66.4 Å². The number of amides is 1. The van der Waals surface area contributed by atoms with E-state index >= 15 is 0 Å². The van der Waals surface area contributed by atoms with Crippen LogP contribution in [-0.4, -0.2) is 24.3 Å². The minimum atomic E-state index is -0.616. The van der Waals surface area contributed by atoms with Crippen LogP contribution in [0.3, 0.4) is 0 Å². The number of alkyl carbamates (subject to hydrolysis) is 1. The summed E-state index contributed by atoms with van der Waals surface area (Å²) in [5.74, 6) is -0.374. The Labute approximate surface area is 157 Å². The van der Waals surface area contributed by atoms with Crippen molar-refractivity contribution < 1.29 is 19.1 Å². The highest BCUT2D eigenvalue weighted by Crippen LogP contribution is 2.37. The monoisotopic (exact) mass is 364 g/mol. The minimum Gasteiger partial charge on any atom is -0.445 e. The van der Waals surface area contributed by atoms with Crippen LogP contribution in [0.1, 0.15) is 18.1 Å². The zero-order valence-electron chi connectivity index (χ0n) is 14.9. The van der Waals surface area contributed by atoms with Gasteiger partial charge in [-0.1, -0.05) is 48.5 Å². The molecule has 0 saturated carbocycles. The number of cyclic esters (lactones) is 1. The summed E-state index contributed by atoms with van der Waals surface area (Å²) in [7, 11) is 0. The summed E-state index contributed by atoms with van der Waals surface area (Å²) in [4.78, 5) is 26.3. The predicted molar refractivity (Wildman–Crippen MR) is 99.8 cm³/mol. The first-order chi connectivity index (χ1) is 13.1. The van der Waals surface area contributed by atoms with Gasteiger partial charge in [0.2, 0.25) is 6.23 Å². The van der Waals surface area contributed by atoms with E-state index in [1.165, 1.54) is 0 Å². The molecule has 0 aliphatic carbocycles. The molecule has 2 aliphatic heterocycles. The van der Waals surface area contributed by atoms with E-state index in [0.717, 1.165) is 16.8 Å². The molecule has 0 aromatic heterocycles. The van der Waals surface area contributed by atoms with Crippen LogP contribution in [0.5, 0.6) is 0 Å². The van der Waals surface area contributed by atoms with E-state index < -0.39 is 18.4 Å². The minimum absolute atomic E-state index is 0.182. The number of nitrogens with one attached hydrogen (secondary N) is 1. The lowest BCUT2D eigenvalue weighted by Crippen LogP contribution is -2.48. The standard InChI is InChI=1S/C21H20N2O4/c1-14(22-21(25)26-13-15-7-3-2-4-8-15)19-23-17-10-6-5-9-16(17)11-12-18(23)20(24)27-19/h2-10,12,14,19H,11,13H2,1H3,(H,22,25)/t14-,19-/m0/s1. The number of carbonyl (C=O) groups is 2. The molecule has 2 aromatic carbocycles. The normalized spacial score (nSPS) is 18.7. The van der Waals surface area contributed by atoms with Crippen LogP contribution in [0, 0.1) is 0 Å². The van der Waals surface area contributed by atoms with Gasteiger partial charge < -0.3 is 14.8 Å². The highest BCUT2D eigenvalue weighted by molar-refractivity contribution is 5.97. The fourth-order valence-electron chi connectivity index (χ4n) is 3.38. The molecule has 6 heteroatoms. The molecule has 4 rings (SSSR count). The number of fused-ring (bicyclic) bond motifs is 3. The number of esters is 1. The second-order valence-corrected chi connectivity index (χ2v) is 6.58. The molecule has 1 saturated heterocycles. The molecule has 1 amide bonds. The molecule has 138 valence electrons. The SMILES string of the molecule is C[C@H](NC(=O)OCc1ccccc1)[C@@H]1OC(=O)C2=CCc3ccccc3N21. The van der Waals surface area contributed by atoms with Crippen molar-refractivity contribution in [1.82, 2.24) is 5.32 Å². The number of hydrogen-bond acceptors (Lipinski definition) is 5. The fraction of sp³-hybridized carbons (Fsp3) is 0.238. The number of nitrogens with zero attached hydrogens (tertiary/aromatic N) is 1. The molecule has 0 bridgehead atoms. The summed E-state index contributed by atoms with van der Waals surface area (Å²) >= 11 is 0. The van der Waals surface area contributed by atoms with Crippen LogP contribution < -0.4 is 10.2 Å². The Morgan fingerprint density at radius 2 is 1.96 bits per heavy atom. The number of benzene rings is 2. The van der Waals surface area contributed by atoms with Crippen molar-refractivity contribution in [1.29, 1.82) is 0 Å². The summed E-state index contributed by atoms with van der Waals surface area (Å²) in [6, 6.07) is 16.9. The molecule has 6 nitrogen and oxygen atoms in total. The average Bonchev–Trinajstić information content (AvgIpc) is 3.04. The van der Waals surface area contributed by atoms with E-state index in [1.807, 2.05) is 65.6 Å². The number of carbonyl (C=O) groups excluding carboxylic acids is 2. The van der Waals surface area contributed by atoms with Crippen molar-refractivity contribution in [3.05, 3.63) is 77.5 Å². The highest BCUT2D eigenvalue weighted by Gasteiger charge is 2.43. The topological polar surface area (TPSA) is 67.9 Å². The number of anilines is 1. The second kappa shape index (κ2) is 7.15. The maximum Gasteiger partial charge on any atom is 0.407 e. The molecule has 2 atom stereocenters. The molecule has 1 fully saturated rings. The van der Waals surface area contributed by atoms with Gasteiger partial charge in [-0.2, -0.15) is 0 Å². The van der Waals surface area contributed by atoms with Crippen molar-refractivity contribution in [3.63, 3.8) is 0 Å². The van der Waals surface area contributed by atoms with Gasteiger partial charge in [-0.15, -0.1) is 0 Å². The van der Waals surface area contributed by atoms with Crippen molar-refractivity contribution in [2.45, 2.75) is 32.2 Å². The first-order valence-electron chi connectivity index (χ1n) is 8.89. The molecular weight excluding hydrogens is 344 g/mol. The van der Waals surface area contributed by atoms with Gasteiger partial charge in [0.05, 0.1) is 6.04 Å². The number of allylic oxidation sites excluding steroid dienone is 1. The molecule has 1 N–H and O–H groups in total. The molecule has 2 aliphatic rings. The summed E-state index contributed by atoms with van der Waals surface area (Å²) in [6.07, 6.45) is 1.38. The third-order valence-electron chi connectivity index (χ3n) is 4.70. The number of hydrogen-bond donors (Lipinski definition) is 1. The van der Waals surface area contributed by atoms with Gasteiger partial charge in [0.1, 0.15) is 12.3 Å². The van der Waals surface area contributed by atoms with E-state index in [2.05, 4.69) is 5.32 Å². The van der Waals surface area contributed by atoms with Gasteiger partial charge in [-0.25, -0.2) is 9.59 Å². The largest absolute Gasteiger partial charge is 0.445 e. The third kappa shape index (κ3) is 3.38. The fourth-order valence-corrected chi connectivity index (χ4v) is 3.38. The van der Waals surface area contributed by atoms with Gasteiger partial charge in [0.15, 0.2) is 0 Å².